The van der Waals surface area contributed by atoms with Gasteiger partial charge < -0.3 is 4.52 Å². The maximum absolute atomic E-state index is 11.1. The van der Waals surface area contributed by atoms with Crippen LogP contribution in [-0.2, 0) is 12.8 Å². The van der Waals surface area contributed by atoms with E-state index in [1.165, 1.54) is 0 Å². The summed E-state index contributed by atoms with van der Waals surface area (Å²) in [5.41, 5.74) is 3.29. The molecule has 64 valence electrons. The molecular formula is C7H9N3O2. The Kier molecular flexibility index (Phi) is 1.58. The lowest BCUT2D eigenvalue weighted by Gasteiger charge is -1.94. The van der Waals surface area contributed by atoms with Gasteiger partial charge in [-0.2, -0.15) is 0 Å². The molecule has 0 saturated heterocycles. The largest absolute Gasteiger partial charge is 0.360 e. The number of carbonyl (C=O) groups excluding carboxylic acids is 1. The Bertz CT molecular complexity index is 318. The lowest BCUT2D eigenvalue weighted by molar-refractivity contribution is 0.0943. The van der Waals surface area contributed by atoms with Crippen LogP contribution in [0.4, 0.5) is 0 Å². The van der Waals surface area contributed by atoms with Crippen molar-refractivity contribution in [2.45, 2.75) is 19.3 Å². The molecule has 0 fully saturated rings. The van der Waals surface area contributed by atoms with Crippen LogP contribution in [0.3, 0.4) is 0 Å². The van der Waals surface area contributed by atoms with E-state index in [0.717, 1.165) is 30.6 Å². The Morgan fingerprint density at radius 3 is 3.17 bits per heavy atom. The first-order chi connectivity index (χ1) is 5.83. The highest BCUT2D eigenvalue weighted by Crippen LogP contribution is 2.24. The Balaban J connectivity index is 2.39. The lowest BCUT2D eigenvalue weighted by Crippen LogP contribution is -2.30. The third kappa shape index (κ3) is 0.902. The summed E-state index contributed by atoms with van der Waals surface area (Å²) in [4.78, 5) is 11.1. The first kappa shape index (κ1) is 7.30. The number of aromatic nitrogens is 1. The van der Waals surface area contributed by atoms with Crippen LogP contribution in [0.1, 0.15) is 28.2 Å². The maximum atomic E-state index is 11.1. The minimum atomic E-state index is -0.373. The van der Waals surface area contributed by atoms with Crippen LogP contribution in [0.2, 0.25) is 0 Å². The van der Waals surface area contributed by atoms with E-state index < -0.39 is 0 Å². The summed E-state index contributed by atoms with van der Waals surface area (Å²) < 4.78 is 4.96. The molecule has 0 aromatic carbocycles. The number of hydrogen-bond donors (Lipinski definition) is 2. The van der Waals surface area contributed by atoms with Crippen molar-refractivity contribution >= 4 is 5.91 Å². The van der Waals surface area contributed by atoms with Crippen LogP contribution in [0.25, 0.3) is 0 Å². The molecule has 1 aliphatic carbocycles. The summed E-state index contributed by atoms with van der Waals surface area (Å²) in [6, 6.07) is 0. The minimum absolute atomic E-state index is 0.338. The van der Waals surface area contributed by atoms with E-state index in [9.17, 15) is 4.79 Å². The van der Waals surface area contributed by atoms with Crippen molar-refractivity contribution in [3.63, 3.8) is 0 Å². The number of hydrazine groups is 1. The topological polar surface area (TPSA) is 81.1 Å². The number of rotatable bonds is 1. The van der Waals surface area contributed by atoms with Gasteiger partial charge in [0, 0.05) is 12.0 Å². The average Bonchev–Trinajstić information content (AvgIpc) is 2.62. The molecule has 0 bridgehead atoms. The molecule has 1 heterocycles. The molecule has 0 spiro atoms. The highest BCUT2D eigenvalue weighted by Gasteiger charge is 2.24. The number of amides is 1. The highest BCUT2D eigenvalue weighted by molar-refractivity contribution is 5.93. The first-order valence-corrected chi connectivity index (χ1v) is 3.81. The van der Waals surface area contributed by atoms with Gasteiger partial charge in [0.05, 0.1) is 0 Å². The van der Waals surface area contributed by atoms with Crippen LogP contribution in [0, 0.1) is 0 Å². The molecule has 1 aliphatic rings. The van der Waals surface area contributed by atoms with Crippen molar-refractivity contribution < 1.29 is 9.32 Å². The predicted octanol–water partition coefficient (Wildman–Crippen LogP) is -0.233. The predicted molar refractivity (Wildman–Crippen MR) is 40.2 cm³/mol. The van der Waals surface area contributed by atoms with Gasteiger partial charge in [0.2, 0.25) is 0 Å². The molecule has 0 saturated carbocycles. The first-order valence-electron chi connectivity index (χ1n) is 3.81. The van der Waals surface area contributed by atoms with Crippen LogP contribution < -0.4 is 11.3 Å². The number of aryl methyl sites for hydroxylation is 1. The normalized spacial score (nSPS) is 14.4. The number of nitrogens with one attached hydrogen (secondary N) is 1. The number of nitrogens with two attached hydrogens (primary N) is 1. The highest BCUT2D eigenvalue weighted by atomic mass is 16.5. The fourth-order valence-electron chi connectivity index (χ4n) is 1.47. The van der Waals surface area contributed by atoms with Gasteiger partial charge in [-0.3, -0.25) is 10.2 Å². The number of carbonyl (C=O) groups is 1. The Morgan fingerprint density at radius 2 is 2.42 bits per heavy atom. The summed E-state index contributed by atoms with van der Waals surface area (Å²) in [7, 11) is 0. The van der Waals surface area contributed by atoms with E-state index in [1.54, 1.807) is 0 Å². The molecule has 1 aromatic rings. The van der Waals surface area contributed by atoms with Crippen molar-refractivity contribution in [1.82, 2.24) is 10.6 Å². The van der Waals surface area contributed by atoms with Gasteiger partial charge in [0.15, 0.2) is 5.69 Å². The number of nitrogen functional groups attached to an aromatic ring is 1. The van der Waals surface area contributed by atoms with Gasteiger partial charge in [-0.05, 0) is 12.8 Å². The monoisotopic (exact) mass is 167 g/mol. The second kappa shape index (κ2) is 2.60. The molecule has 3 N–H and O–H groups in total. The third-order valence-electron chi connectivity index (χ3n) is 2.05. The lowest BCUT2D eigenvalue weighted by atomic mass is 10.2. The van der Waals surface area contributed by atoms with Crippen molar-refractivity contribution in [1.29, 1.82) is 0 Å². The molecule has 0 aliphatic heterocycles. The molecule has 5 nitrogen and oxygen atoms in total. The molecule has 1 aromatic heterocycles. The van der Waals surface area contributed by atoms with Crippen molar-refractivity contribution in [2.75, 3.05) is 0 Å². The molecule has 5 heteroatoms. The van der Waals surface area contributed by atoms with E-state index in [2.05, 4.69) is 5.16 Å². The minimum Gasteiger partial charge on any atom is -0.360 e. The summed E-state index contributed by atoms with van der Waals surface area (Å²) in [5, 5.41) is 3.64. The van der Waals surface area contributed by atoms with Gasteiger partial charge in [-0.1, -0.05) is 5.16 Å². The molecule has 1 amide bonds. The average molecular weight is 167 g/mol. The fraction of sp³-hybridized carbons (Fsp3) is 0.429. The number of hydrogen-bond acceptors (Lipinski definition) is 4. The van der Waals surface area contributed by atoms with Gasteiger partial charge in [0.1, 0.15) is 5.76 Å². The molecular weight excluding hydrogens is 158 g/mol. The zero-order valence-corrected chi connectivity index (χ0v) is 6.46. The molecule has 0 atom stereocenters. The SMILES string of the molecule is NNC(=O)c1noc2c1CCC2. The van der Waals surface area contributed by atoms with E-state index in [4.69, 9.17) is 10.4 Å². The van der Waals surface area contributed by atoms with Crippen LogP contribution in [-0.4, -0.2) is 11.1 Å². The van der Waals surface area contributed by atoms with Gasteiger partial charge in [-0.25, -0.2) is 5.84 Å². The number of nitrogens with zero attached hydrogens (tertiary/aromatic N) is 1. The second-order valence-electron chi connectivity index (χ2n) is 2.76. The number of fused-ring (bicyclic) bond motifs is 1. The van der Waals surface area contributed by atoms with Crippen LogP contribution in [0.5, 0.6) is 0 Å². The Morgan fingerprint density at radius 1 is 1.58 bits per heavy atom. The van der Waals surface area contributed by atoms with E-state index in [0.29, 0.717) is 5.69 Å². The third-order valence-corrected chi connectivity index (χ3v) is 2.05. The van der Waals surface area contributed by atoms with Crippen LogP contribution in [0.15, 0.2) is 4.52 Å². The summed E-state index contributed by atoms with van der Waals surface area (Å²) >= 11 is 0. The summed E-state index contributed by atoms with van der Waals surface area (Å²) in [5.74, 6) is 5.43. The molecule has 12 heavy (non-hydrogen) atoms. The van der Waals surface area contributed by atoms with Gasteiger partial charge in [-0.15, -0.1) is 0 Å². The van der Waals surface area contributed by atoms with Crippen LogP contribution >= 0.6 is 0 Å². The Hall–Kier alpha value is -1.36. The summed E-state index contributed by atoms with van der Waals surface area (Å²) in [6.45, 7) is 0. The van der Waals surface area contributed by atoms with Gasteiger partial charge in [0.25, 0.3) is 5.91 Å². The smallest absolute Gasteiger partial charge is 0.287 e. The quantitative estimate of drug-likeness (QED) is 0.344. The molecule has 2 rings (SSSR count). The zero-order chi connectivity index (χ0) is 8.55. The van der Waals surface area contributed by atoms with Crippen molar-refractivity contribution in [2.24, 2.45) is 5.84 Å². The van der Waals surface area contributed by atoms with Crippen molar-refractivity contribution in [3.8, 4) is 0 Å². The Labute approximate surface area is 68.9 Å². The summed E-state index contributed by atoms with van der Waals surface area (Å²) in [6.07, 6.45) is 2.77. The van der Waals surface area contributed by atoms with E-state index in [-0.39, 0.29) is 5.91 Å². The van der Waals surface area contributed by atoms with E-state index in [1.807, 2.05) is 5.43 Å². The fourth-order valence-corrected chi connectivity index (χ4v) is 1.47. The molecule has 0 unspecified atom stereocenters. The maximum Gasteiger partial charge on any atom is 0.287 e. The zero-order valence-electron chi connectivity index (χ0n) is 6.46. The van der Waals surface area contributed by atoms with E-state index >= 15 is 0 Å². The second-order valence-corrected chi connectivity index (χ2v) is 2.76. The molecule has 0 radical (unpaired) electrons. The standard InChI is InChI=1S/C7H9N3O2/c8-9-7(11)6-4-2-1-3-5(4)12-10-6/h1-3,8H2,(H,9,11). The van der Waals surface area contributed by atoms with Crippen molar-refractivity contribution in [3.05, 3.63) is 17.0 Å². The van der Waals surface area contributed by atoms with Gasteiger partial charge >= 0.3 is 0 Å².